The van der Waals surface area contributed by atoms with Gasteiger partial charge < -0.3 is 10.5 Å². The fourth-order valence-electron chi connectivity index (χ4n) is 2.28. The quantitative estimate of drug-likeness (QED) is 0.319. The van der Waals surface area contributed by atoms with Gasteiger partial charge in [0, 0.05) is 10.7 Å². The van der Waals surface area contributed by atoms with Gasteiger partial charge in [-0.2, -0.15) is 10.3 Å². The zero-order valence-electron chi connectivity index (χ0n) is 13.1. The number of esters is 1. The minimum absolute atomic E-state index is 0.181. The number of β-lactam (4-membered cyclic amide) rings is 1. The molecule has 1 aromatic rings. The number of aromatic nitrogens is 3. The summed E-state index contributed by atoms with van der Waals surface area (Å²) in [6, 6.07) is -0.548. The first kappa shape index (κ1) is 17.6. The summed E-state index contributed by atoms with van der Waals surface area (Å²) in [5.74, 6) is -0.0658. The van der Waals surface area contributed by atoms with E-state index in [1.165, 1.54) is 28.4 Å². The fourth-order valence-corrected chi connectivity index (χ4v) is 5.80. The van der Waals surface area contributed by atoms with Crippen molar-refractivity contribution in [2.24, 2.45) is 5.73 Å². The molecule has 1 aromatic heterocycles. The Morgan fingerprint density at radius 2 is 2.38 bits per heavy atom. The zero-order valence-corrected chi connectivity index (χ0v) is 15.5. The number of fused-ring (bicyclic) bond motifs is 1. The third kappa shape index (κ3) is 3.44. The van der Waals surface area contributed by atoms with Crippen molar-refractivity contribution in [3.63, 3.8) is 0 Å². The van der Waals surface area contributed by atoms with Crippen LogP contribution in [0.3, 0.4) is 0 Å². The molecule has 3 N–H and O–H groups in total. The topological polar surface area (TPSA) is 114 Å². The van der Waals surface area contributed by atoms with Crippen LogP contribution in [0.2, 0.25) is 0 Å². The summed E-state index contributed by atoms with van der Waals surface area (Å²) in [5.41, 5.74) is 6.17. The minimum Gasteiger partial charge on any atom is -0.458 e. The molecular formula is C13H17N5O3S3. The van der Waals surface area contributed by atoms with Crippen LogP contribution in [-0.4, -0.2) is 60.5 Å². The molecule has 0 aromatic carbocycles. The molecule has 2 unspecified atom stereocenters. The lowest BCUT2D eigenvalue weighted by Crippen LogP contribution is -2.68. The third-order valence-electron chi connectivity index (χ3n) is 3.34. The summed E-state index contributed by atoms with van der Waals surface area (Å²) < 4.78 is 5.32. The molecule has 8 nitrogen and oxygen atoms in total. The molecule has 3 rings (SSSR count). The van der Waals surface area contributed by atoms with E-state index in [-0.39, 0.29) is 17.4 Å². The van der Waals surface area contributed by atoms with Gasteiger partial charge in [-0.3, -0.25) is 9.69 Å². The molecule has 1 amide bonds. The van der Waals surface area contributed by atoms with Gasteiger partial charge in [0.15, 0.2) is 0 Å². The highest BCUT2D eigenvalue weighted by atomic mass is 32.2. The van der Waals surface area contributed by atoms with Crippen LogP contribution < -0.4 is 5.73 Å². The van der Waals surface area contributed by atoms with E-state index in [9.17, 15) is 9.59 Å². The molecule has 130 valence electrons. The lowest BCUT2D eigenvalue weighted by Gasteiger charge is -2.48. The van der Waals surface area contributed by atoms with Gasteiger partial charge in [-0.1, -0.05) is 11.8 Å². The van der Waals surface area contributed by atoms with Crippen molar-refractivity contribution in [2.45, 2.75) is 36.4 Å². The van der Waals surface area contributed by atoms with E-state index >= 15 is 0 Å². The van der Waals surface area contributed by atoms with Gasteiger partial charge in [0.1, 0.15) is 22.1 Å². The van der Waals surface area contributed by atoms with E-state index in [1.54, 1.807) is 31.8 Å². The molecule has 2 aliphatic heterocycles. The van der Waals surface area contributed by atoms with Gasteiger partial charge in [0.25, 0.3) is 0 Å². The van der Waals surface area contributed by atoms with Crippen molar-refractivity contribution < 1.29 is 14.3 Å². The van der Waals surface area contributed by atoms with Crippen LogP contribution in [0.15, 0.2) is 21.8 Å². The van der Waals surface area contributed by atoms with Crippen LogP contribution in [0.1, 0.15) is 13.8 Å². The SMILES string of the molecule is CC(C)OC(=O)C1=C(SCSc2cn[nH]n2)CSC2C(N)C(=O)N12. The van der Waals surface area contributed by atoms with Crippen molar-refractivity contribution in [3.05, 3.63) is 16.8 Å². The van der Waals surface area contributed by atoms with E-state index < -0.39 is 12.0 Å². The van der Waals surface area contributed by atoms with Crippen molar-refractivity contribution >= 4 is 47.2 Å². The second-order valence-corrected chi connectivity index (χ2v) is 8.91. The predicted octanol–water partition coefficient (Wildman–Crippen LogP) is 0.993. The number of aromatic amines is 1. The Morgan fingerprint density at radius 1 is 1.58 bits per heavy atom. The number of carbonyl (C=O) groups is 2. The first-order chi connectivity index (χ1) is 11.5. The minimum atomic E-state index is -0.548. The summed E-state index contributed by atoms with van der Waals surface area (Å²) in [7, 11) is 0. The Labute approximate surface area is 151 Å². The number of rotatable bonds is 6. The summed E-state index contributed by atoms with van der Waals surface area (Å²) >= 11 is 4.58. The van der Waals surface area contributed by atoms with E-state index in [4.69, 9.17) is 10.5 Å². The number of nitrogens with one attached hydrogen (secondary N) is 1. The molecule has 0 radical (unpaired) electrons. The molecule has 2 aliphatic rings. The number of carbonyl (C=O) groups excluding carboxylic acids is 2. The predicted molar refractivity (Wildman–Crippen MR) is 94.0 cm³/mol. The number of thioether (sulfide) groups is 3. The van der Waals surface area contributed by atoms with Gasteiger partial charge in [-0.15, -0.1) is 28.6 Å². The Bertz CT molecular complexity index is 664. The van der Waals surface area contributed by atoms with E-state index in [0.29, 0.717) is 16.5 Å². The number of nitrogens with zero attached hydrogens (tertiary/aromatic N) is 3. The van der Waals surface area contributed by atoms with E-state index in [0.717, 1.165) is 9.93 Å². The number of hydrogen-bond acceptors (Lipinski definition) is 9. The Balaban J connectivity index is 1.76. The van der Waals surface area contributed by atoms with Crippen LogP contribution in [-0.2, 0) is 14.3 Å². The molecule has 0 spiro atoms. The van der Waals surface area contributed by atoms with Crippen LogP contribution in [0.25, 0.3) is 0 Å². The largest absolute Gasteiger partial charge is 0.458 e. The molecule has 1 fully saturated rings. The molecule has 0 aliphatic carbocycles. The first-order valence-corrected chi connectivity index (χ1v) is 10.3. The van der Waals surface area contributed by atoms with Gasteiger partial charge in [0.05, 0.1) is 17.4 Å². The maximum Gasteiger partial charge on any atom is 0.356 e. The lowest BCUT2D eigenvalue weighted by atomic mass is 10.1. The maximum atomic E-state index is 12.5. The molecule has 3 heterocycles. The average Bonchev–Trinajstić information content (AvgIpc) is 3.06. The molecule has 2 atom stereocenters. The smallest absolute Gasteiger partial charge is 0.356 e. The molecular weight excluding hydrogens is 370 g/mol. The molecule has 0 saturated carbocycles. The van der Waals surface area contributed by atoms with Crippen LogP contribution >= 0.6 is 35.3 Å². The second kappa shape index (κ2) is 7.38. The standard InChI is InChI=1S/C13H17N5O3S3/c1-6(2)21-13(20)10-7(23-5-24-8-3-15-17-16-8)4-22-12-9(14)11(19)18(10)12/h3,6,9,12H,4-5,14H2,1-2H3,(H,15,16,17). The number of nitrogens with two attached hydrogens (primary N) is 1. The monoisotopic (exact) mass is 387 g/mol. The molecule has 0 bridgehead atoms. The summed E-state index contributed by atoms with van der Waals surface area (Å²) in [4.78, 5) is 26.9. The third-order valence-corrected chi connectivity index (χ3v) is 6.95. The van der Waals surface area contributed by atoms with E-state index in [1.807, 2.05) is 0 Å². The number of hydrogen-bond donors (Lipinski definition) is 2. The first-order valence-electron chi connectivity index (χ1n) is 7.24. The average molecular weight is 388 g/mol. The maximum absolute atomic E-state index is 12.5. The molecule has 11 heteroatoms. The highest BCUT2D eigenvalue weighted by Gasteiger charge is 2.52. The van der Waals surface area contributed by atoms with Crippen LogP contribution in [0.4, 0.5) is 0 Å². The van der Waals surface area contributed by atoms with Crippen molar-refractivity contribution in [1.29, 1.82) is 0 Å². The summed E-state index contributed by atoms with van der Waals surface area (Å²) in [6.07, 6.45) is 1.39. The van der Waals surface area contributed by atoms with Crippen molar-refractivity contribution in [3.8, 4) is 0 Å². The van der Waals surface area contributed by atoms with Crippen molar-refractivity contribution in [1.82, 2.24) is 20.3 Å². The normalized spacial score (nSPS) is 23.3. The molecule has 24 heavy (non-hydrogen) atoms. The number of H-pyrrole nitrogens is 1. The van der Waals surface area contributed by atoms with Gasteiger partial charge >= 0.3 is 5.97 Å². The Hall–Kier alpha value is -1.17. The van der Waals surface area contributed by atoms with Gasteiger partial charge in [0.2, 0.25) is 5.91 Å². The lowest BCUT2D eigenvalue weighted by molar-refractivity contribution is -0.152. The van der Waals surface area contributed by atoms with Gasteiger partial charge in [-0.05, 0) is 13.8 Å². The van der Waals surface area contributed by atoms with Crippen LogP contribution in [0.5, 0.6) is 0 Å². The summed E-state index contributed by atoms with van der Waals surface area (Å²) in [6.45, 7) is 3.56. The fraction of sp³-hybridized carbons (Fsp3) is 0.538. The highest BCUT2D eigenvalue weighted by Crippen LogP contribution is 2.43. The molecule has 1 saturated heterocycles. The number of amides is 1. The zero-order chi connectivity index (χ0) is 17.3. The van der Waals surface area contributed by atoms with Gasteiger partial charge in [-0.25, -0.2) is 4.79 Å². The van der Waals surface area contributed by atoms with E-state index in [2.05, 4.69) is 15.4 Å². The highest BCUT2D eigenvalue weighted by molar-refractivity contribution is 8.18. The number of ether oxygens (including phenoxy) is 1. The van der Waals surface area contributed by atoms with Crippen molar-refractivity contribution in [2.75, 3.05) is 10.8 Å². The van der Waals surface area contributed by atoms with Crippen LogP contribution in [0, 0.1) is 0 Å². The summed E-state index contributed by atoms with van der Waals surface area (Å²) in [5, 5.41) is 11.5. The Morgan fingerprint density at radius 3 is 3.04 bits per heavy atom. The Kier molecular flexibility index (Phi) is 5.42. The second-order valence-electron chi connectivity index (χ2n) is 5.38.